The summed E-state index contributed by atoms with van der Waals surface area (Å²) in [6, 6.07) is 0. The van der Waals surface area contributed by atoms with Crippen molar-refractivity contribution in [2.45, 2.75) is 13.5 Å². The molecule has 0 fully saturated rings. The lowest BCUT2D eigenvalue weighted by Gasteiger charge is -1.95. The third kappa shape index (κ3) is 1.91. The molecule has 0 aliphatic heterocycles. The number of halogens is 2. The van der Waals surface area contributed by atoms with E-state index >= 15 is 0 Å². The Bertz CT molecular complexity index is 213. The molecule has 0 amide bonds. The summed E-state index contributed by atoms with van der Waals surface area (Å²) in [5.74, 6) is 0. The summed E-state index contributed by atoms with van der Waals surface area (Å²) in [7, 11) is 0. The van der Waals surface area contributed by atoms with Gasteiger partial charge < -0.3 is 4.74 Å². The molecule has 0 aliphatic rings. The van der Waals surface area contributed by atoms with Gasteiger partial charge in [-0.25, -0.2) is 4.98 Å². The summed E-state index contributed by atoms with van der Waals surface area (Å²) < 4.78 is 27.0. The number of hydrogen-bond acceptors (Lipinski definition) is 3. The molecule has 10 heavy (non-hydrogen) atoms. The number of aromatic nitrogens is 1. The summed E-state index contributed by atoms with van der Waals surface area (Å²) in [4.78, 5) is 4.43. The van der Waals surface area contributed by atoms with Crippen LogP contribution in [-0.4, -0.2) is 11.6 Å². The molecule has 0 saturated heterocycles. The van der Waals surface area contributed by atoms with Gasteiger partial charge in [-0.3, -0.25) is 0 Å². The summed E-state index contributed by atoms with van der Waals surface area (Å²) in [5, 5.41) is 0.0208. The molecular formula is C5H5F2NOS. The maximum atomic E-state index is 11.5. The second-order valence-electron chi connectivity index (χ2n) is 1.62. The molecule has 0 aliphatic carbocycles. The Hall–Kier alpha value is -0.710. The standard InChI is InChI=1S/C5H5F2NOS/c1-3-2-8-5(10-3)9-4(6)7/h2,4H,1H3. The summed E-state index contributed by atoms with van der Waals surface area (Å²) in [5.41, 5.74) is 0. The molecule has 1 aromatic heterocycles. The van der Waals surface area contributed by atoms with Crippen molar-refractivity contribution in [3.63, 3.8) is 0 Å². The quantitative estimate of drug-likeness (QED) is 0.669. The van der Waals surface area contributed by atoms with Gasteiger partial charge in [-0.1, -0.05) is 11.3 Å². The predicted molar refractivity (Wildman–Crippen MR) is 33.5 cm³/mol. The minimum Gasteiger partial charge on any atom is -0.408 e. The van der Waals surface area contributed by atoms with E-state index in [0.29, 0.717) is 0 Å². The van der Waals surface area contributed by atoms with Crippen LogP contribution in [0, 0.1) is 6.92 Å². The SMILES string of the molecule is Cc1cnc(OC(F)F)s1. The highest BCUT2D eigenvalue weighted by atomic mass is 32.1. The van der Waals surface area contributed by atoms with Gasteiger partial charge in [0.25, 0.3) is 5.19 Å². The van der Waals surface area contributed by atoms with Gasteiger partial charge in [0.2, 0.25) is 0 Å². The summed E-state index contributed by atoms with van der Waals surface area (Å²) >= 11 is 1.10. The molecule has 1 heterocycles. The van der Waals surface area contributed by atoms with Crippen molar-refractivity contribution in [1.82, 2.24) is 4.98 Å². The van der Waals surface area contributed by atoms with Crippen LogP contribution in [0.3, 0.4) is 0 Å². The van der Waals surface area contributed by atoms with E-state index < -0.39 is 6.61 Å². The molecule has 0 unspecified atom stereocenters. The van der Waals surface area contributed by atoms with Crippen molar-refractivity contribution in [2.24, 2.45) is 0 Å². The first-order valence-electron chi connectivity index (χ1n) is 2.55. The van der Waals surface area contributed by atoms with Gasteiger partial charge in [0.05, 0.1) is 0 Å². The van der Waals surface area contributed by atoms with Gasteiger partial charge >= 0.3 is 6.61 Å². The first-order chi connectivity index (χ1) is 4.68. The Labute approximate surface area is 60.5 Å². The molecule has 0 atom stereocenters. The second-order valence-corrected chi connectivity index (χ2v) is 2.81. The molecule has 0 N–H and O–H groups in total. The number of rotatable bonds is 2. The fourth-order valence-corrected chi connectivity index (χ4v) is 1.07. The second kappa shape index (κ2) is 2.92. The molecule has 0 saturated carbocycles. The minimum atomic E-state index is -2.77. The lowest BCUT2D eigenvalue weighted by Crippen LogP contribution is -2.00. The minimum absolute atomic E-state index is 0.0208. The van der Waals surface area contributed by atoms with Crippen LogP contribution in [0.4, 0.5) is 8.78 Å². The van der Waals surface area contributed by atoms with Gasteiger partial charge in [-0.15, -0.1) is 0 Å². The van der Waals surface area contributed by atoms with Crippen LogP contribution >= 0.6 is 11.3 Å². The number of hydrogen-bond donors (Lipinski definition) is 0. The average Bonchev–Trinajstić information content (AvgIpc) is 2.13. The van der Waals surface area contributed by atoms with Gasteiger partial charge in [-0.05, 0) is 6.92 Å². The molecule has 0 bridgehead atoms. The van der Waals surface area contributed by atoms with E-state index in [9.17, 15) is 8.78 Å². The van der Waals surface area contributed by atoms with Crippen LogP contribution in [0.5, 0.6) is 5.19 Å². The largest absolute Gasteiger partial charge is 0.408 e. The lowest BCUT2D eigenvalue weighted by atomic mass is 10.7. The highest BCUT2D eigenvalue weighted by Gasteiger charge is 2.06. The number of nitrogens with zero attached hydrogens (tertiary/aromatic N) is 1. The summed E-state index contributed by atoms with van der Waals surface area (Å²) in [6.45, 7) is -0.999. The zero-order chi connectivity index (χ0) is 7.56. The van der Waals surface area contributed by atoms with E-state index in [-0.39, 0.29) is 5.19 Å². The number of alkyl halides is 2. The van der Waals surface area contributed by atoms with Crippen LogP contribution in [0.1, 0.15) is 4.88 Å². The van der Waals surface area contributed by atoms with Crippen LogP contribution in [0.2, 0.25) is 0 Å². The van der Waals surface area contributed by atoms with Crippen LogP contribution in [-0.2, 0) is 0 Å². The van der Waals surface area contributed by atoms with Crippen molar-refractivity contribution >= 4 is 11.3 Å². The van der Waals surface area contributed by atoms with Gasteiger partial charge in [0.1, 0.15) is 0 Å². The topological polar surface area (TPSA) is 22.1 Å². The lowest BCUT2D eigenvalue weighted by molar-refractivity contribution is -0.0499. The molecule has 1 rings (SSSR count). The zero-order valence-corrected chi connectivity index (χ0v) is 5.99. The predicted octanol–water partition coefficient (Wildman–Crippen LogP) is 2.05. The Balaban J connectivity index is 2.58. The molecule has 0 spiro atoms. The molecule has 56 valence electrons. The Morgan fingerprint density at radius 1 is 1.70 bits per heavy atom. The van der Waals surface area contributed by atoms with Crippen molar-refractivity contribution in [3.8, 4) is 5.19 Å². The van der Waals surface area contributed by atoms with Crippen molar-refractivity contribution in [3.05, 3.63) is 11.1 Å². The molecule has 2 nitrogen and oxygen atoms in total. The van der Waals surface area contributed by atoms with Gasteiger partial charge in [0, 0.05) is 11.1 Å². The number of ether oxygens (including phenoxy) is 1. The third-order valence-corrected chi connectivity index (χ3v) is 1.59. The maximum absolute atomic E-state index is 11.5. The zero-order valence-electron chi connectivity index (χ0n) is 5.17. The van der Waals surface area contributed by atoms with E-state index in [4.69, 9.17) is 0 Å². The van der Waals surface area contributed by atoms with E-state index in [1.165, 1.54) is 6.20 Å². The maximum Gasteiger partial charge on any atom is 0.389 e. The fourth-order valence-electron chi connectivity index (χ4n) is 0.465. The average molecular weight is 165 g/mol. The first kappa shape index (κ1) is 7.40. The van der Waals surface area contributed by atoms with E-state index in [0.717, 1.165) is 16.2 Å². The van der Waals surface area contributed by atoms with Crippen molar-refractivity contribution in [2.75, 3.05) is 0 Å². The van der Waals surface area contributed by atoms with Crippen LogP contribution < -0.4 is 4.74 Å². The first-order valence-corrected chi connectivity index (χ1v) is 3.37. The van der Waals surface area contributed by atoms with Gasteiger partial charge in [0.15, 0.2) is 0 Å². The number of thiazole rings is 1. The Morgan fingerprint density at radius 3 is 2.80 bits per heavy atom. The van der Waals surface area contributed by atoms with Crippen LogP contribution in [0.15, 0.2) is 6.20 Å². The monoisotopic (exact) mass is 165 g/mol. The van der Waals surface area contributed by atoms with E-state index in [1.54, 1.807) is 6.92 Å². The van der Waals surface area contributed by atoms with Gasteiger partial charge in [-0.2, -0.15) is 8.78 Å². The highest BCUT2D eigenvalue weighted by molar-refractivity contribution is 7.13. The molecule has 0 radical (unpaired) electrons. The normalized spacial score (nSPS) is 10.4. The Kier molecular flexibility index (Phi) is 2.16. The smallest absolute Gasteiger partial charge is 0.389 e. The molecular weight excluding hydrogens is 160 g/mol. The van der Waals surface area contributed by atoms with Crippen molar-refractivity contribution in [1.29, 1.82) is 0 Å². The molecule has 5 heteroatoms. The molecule has 0 aromatic carbocycles. The van der Waals surface area contributed by atoms with Crippen molar-refractivity contribution < 1.29 is 13.5 Å². The van der Waals surface area contributed by atoms with E-state index in [2.05, 4.69) is 9.72 Å². The third-order valence-electron chi connectivity index (χ3n) is 0.790. The van der Waals surface area contributed by atoms with Crippen LogP contribution in [0.25, 0.3) is 0 Å². The Morgan fingerprint density at radius 2 is 2.40 bits per heavy atom. The summed E-state index contributed by atoms with van der Waals surface area (Å²) in [6.07, 6.45) is 1.49. The number of aryl methyl sites for hydroxylation is 1. The molecule has 1 aromatic rings. The fraction of sp³-hybridized carbons (Fsp3) is 0.400. The van der Waals surface area contributed by atoms with E-state index in [1.807, 2.05) is 0 Å². The highest BCUT2D eigenvalue weighted by Crippen LogP contribution is 2.20.